The Morgan fingerprint density at radius 3 is 2.06 bits per heavy atom. The van der Waals surface area contributed by atoms with Crippen LogP contribution in [-0.2, 0) is 4.79 Å². The molecule has 1 saturated heterocycles. The van der Waals surface area contributed by atoms with Crippen molar-refractivity contribution in [2.75, 3.05) is 57.0 Å². The van der Waals surface area contributed by atoms with Gasteiger partial charge in [0, 0.05) is 38.4 Å². The Bertz CT molecular complexity index is 983. The summed E-state index contributed by atoms with van der Waals surface area (Å²) in [5.74, 6) is 1.45. The second-order valence-electron chi connectivity index (χ2n) is 8.74. The number of carbonyl (C=O) groups is 1. The second kappa shape index (κ2) is 13.2. The summed E-state index contributed by atoms with van der Waals surface area (Å²) >= 11 is 1.69. The van der Waals surface area contributed by atoms with Crippen LogP contribution in [0, 0.1) is 0 Å². The van der Waals surface area contributed by atoms with Crippen molar-refractivity contribution in [3.05, 3.63) is 96.1 Å². The van der Waals surface area contributed by atoms with Crippen molar-refractivity contribution < 1.29 is 9.53 Å². The number of thioether (sulfide) groups is 1. The van der Waals surface area contributed by atoms with Gasteiger partial charge in [-0.05, 0) is 48.4 Å². The number of nitrogens with zero attached hydrogens (tertiary/aromatic N) is 2. The van der Waals surface area contributed by atoms with Gasteiger partial charge >= 0.3 is 0 Å². The van der Waals surface area contributed by atoms with Gasteiger partial charge in [0.05, 0.1) is 18.1 Å². The number of hydrogen-bond acceptors (Lipinski definition) is 5. The van der Waals surface area contributed by atoms with Crippen LogP contribution in [0.1, 0.15) is 22.8 Å². The van der Waals surface area contributed by atoms with E-state index in [0.29, 0.717) is 5.75 Å². The topological polar surface area (TPSA) is 44.8 Å². The molecule has 5 nitrogen and oxygen atoms in total. The summed E-state index contributed by atoms with van der Waals surface area (Å²) in [6.07, 6.45) is 0.972. The molecule has 35 heavy (non-hydrogen) atoms. The average molecular weight is 490 g/mol. The van der Waals surface area contributed by atoms with Crippen LogP contribution in [0.5, 0.6) is 5.75 Å². The van der Waals surface area contributed by atoms with Crippen molar-refractivity contribution in [2.45, 2.75) is 11.7 Å². The third kappa shape index (κ3) is 7.51. The van der Waals surface area contributed by atoms with Crippen molar-refractivity contribution in [3.8, 4) is 5.75 Å². The van der Waals surface area contributed by atoms with E-state index in [1.165, 1.54) is 16.8 Å². The minimum absolute atomic E-state index is 0.108. The van der Waals surface area contributed by atoms with E-state index in [1.54, 1.807) is 18.9 Å². The van der Waals surface area contributed by atoms with E-state index >= 15 is 0 Å². The normalized spacial score (nSPS) is 14.2. The van der Waals surface area contributed by atoms with Crippen molar-refractivity contribution >= 4 is 23.4 Å². The molecule has 0 aromatic heterocycles. The number of piperazine rings is 1. The molecule has 184 valence electrons. The van der Waals surface area contributed by atoms with Crippen LogP contribution in [-0.4, -0.2) is 62.9 Å². The molecule has 0 unspecified atom stereocenters. The van der Waals surface area contributed by atoms with Gasteiger partial charge in [0.2, 0.25) is 5.91 Å². The summed E-state index contributed by atoms with van der Waals surface area (Å²) in [5, 5.41) is 3.27. The predicted octanol–water partition coefficient (Wildman–Crippen LogP) is 4.85. The average Bonchev–Trinajstić information content (AvgIpc) is 2.93. The summed E-state index contributed by atoms with van der Waals surface area (Å²) in [4.78, 5) is 17.5. The van der Waals surface area contributed by atoms with E-state index in [2.05, 4.69) is 75.8 Å². The highest BCUT2D eigenvalue weighted by molar-refractivity contribution is 8.00. The molecule has 0 saturated carbocycles. The van der Waals surface area contributed by atoms with E-state index in [-0.39, 0.29) is 11.2 Å². The van der Waals surface area contributed by atoms with Gasteiger partial charge in [0.1, 0.15) is 5.75 Å². The summed E-state index contributed by atoms with van der Waals surface area (Å²) in [7, 11) is 1.70. The molecular weight excluding hydrogens is 454 g/mol. The lowest BCUT2D eigenvalue weighted by molar-refractivity contribution is -0.118. The molecule has 0 atom stereocenters. The van der Waals surface area contributed by atoms with E-state index < -0.39 is 0 Å². The first-order valence-electron chi connectivity index (χ1n) is 12.3. The van der Waals surface area contributed by atoms with Gasteiger partial charge in [0.15, 0.2) is 0 Å². The number of methoxy groups -OCH3 is 1. The molecule has 1 amide bonds. The summed E-state index contributed by atoms with van der Waals surface area (Å²) in [6.45, 7) is 5.88. The van der Waals surface area contributed by atoms with E-state index in [1.807, 2.05) is 24.3 Å². The fourth-order valence-corrected chi connectivity index (χ4v) is 5.52. The molecule has 0 bridgehead atoms. The van der Waals surface area contributed by atoms with Crippen LogP contribution in [0.2, 0.25) is 0 Å². The largest absolute Gasteiger partial charge is 0.497 e. The Morgan fingerprint density at radius 1 is 0.886 bits per heavy atom. The summed E-state index contributed by atoms with van der Waals surface area (Å²) < 4.78 is 5.25. The molecule has 1 aliphatic heterocycles. The molecule has 3 aromatic carbocycles. The molecule has 3 aromatic rings. The number of rotatable bonds is 11. The SMILES string of the molecule is COc1ccc(N2CCN(CCCNC(=O)CSC(c3ccccc3)c3ccccc3)CC2)cc1. The van der Waals surface area contributed by atoms with Crippen LogP contribution in [0.3, 0.4) is 0 Å². The predicted molar refractivity (Wildman–Crippen MR) is 146 cm³/mol. The number of benzene rings is 3. The minimum atomic E-state index is 0.108. The third-order valence-electron chi connectivity index (χ3n) is 6.37. The Hall–Kier alpha value is -2.96. The first kappa shape index (κ1) is 25.1. The van der Waals surface area contributed by atoms with Gasteiger partial charge in [-0.2, -0.15) is 0 Å². The second-order valence-corrected chi connectivity index (χ2v) is 9.84. The Labute approximate surface area is 213 Å². The quantitative estimate of drug-likeness (QED) is 0.390. The standard InChI is InChI=1S/C29H35N3O2S/c1-34-27-15-13-26(14-16-27)32-21-19-31(20-22-32)18-8-17-30-28(33)23-35-29(24-9-4-2-5-10-24)25-11-6-3-7-12-25/h2-7,9-16,29H,8,17-23H2,1H3,(H,30,33). The van der Waals surface area contributed by atoms with Crippen LogP contribution in [0.25, 0.3) is 0 Å². The maximum Gasteiger partial charge on any atom is 0.230 e. The summed E-state index contributed by atoms with van der Waals surface area (Å²) in [5.41, 5.74) is 3.70. The lowest BCUT2D eigenvalue weighted by Gasteiger charge is -2.36. The van der Waals surface area contributed by atoms with Gasteiger partial charge in [-0.15, -0.1) is 11.8 Å². The highest BCUT2D eigenvalue weighted by Crippen LogP contribution is 2.35. The van der Waals surface area contributed by atoms with Crippen molar-refractivity contribution in [3.63, 3.8) is 0 Å². The molecule has 0 spiro atoms. The molecule has 6 heteroatoms. The van der Waals surface area contributed by atoms with E-state index in [9.17, 15) is 4.79 Å². The molecule has 1 aliphatic rings. The van der Waals surface area contributed by atoms with Crippen molar-refractivity contribution in [1.82, 2.24) is 10.2 Å². The van der Waals surface area contributed by atoms with Gasteiger partial charge in [-0.25, -0.2) is 0 Å². The zero-order chi connectivity index (χ0) is 24.3. The van der Waals surface area contributed by atoms with Gasteiger partial charge in [-0.3, -0.25) is 9.69 Å². The number of amides is 1. The maximum atomic E-state index is 12.5. The highest BCUT2D eigenvalue weighted by atomic mass is 32.2. The smallest absolute Gasteiger partial charge is 0.230 e. The number of carbonyl (C=O) groups excluding carboxylic acids is 1. The van der Waals surface area contributed by atoms with Crippen molar-refractivity contribution in [2.24, 2.45) is 0 Å². The summed E-state index contributed by atoms with van der Waals surface area (Å²) in [6, 6.07) is 29.1. The fraction of sp³-hybridized carbons (Fsp3) is 0.345. The zero-order valence-electron chi connectivity index (χ0n) is 20.4. The van der Waals surface area contributed by atoms with E-state index in [0.717, 1.165) is 51.4 Å². The Balaban J connectivity index is 1.15. The maximum absolute atomic E-state index is 12.5. The monoisotopic (exact) mass is 489 g/mol. The molecule has 1 heterocycles. The third-order valence-corrected chi connectivity index (χ3v) is 7.68. The van der Waals surface area contributed by atoms with Gasteiger partial charge in [0.25, 0.3) is 0 Å². The molecule has 1 N–H and O–H groups in total. The lowest BCUT2D eigenvalue weighted by Crippen LogP contribution is -2.47. The first-order chi connectivity index (χ1) is 17.2. The van der Waals surface area contributed by atoms with Gasteiger partial charge < -0.3 is 15.0 Å². The van der Waals surface area contributed by atoms with Crippen LogP contribution in [0.4, 0.5) is 5.69 Å². The lowest BCUT2D eigenvalue weighted by atomic mass is 10.0. The number of hydrogen-bond donors (Lipinski definition) is 1. The Morgan fingerprint density at radius 2 is 1.49 bits per heavy atom. The zero-order valence-corrected chi connectivity index (χ0v) is 21.3. The highest BCUT2D eigenvalue weighted by Gasteiger charge is 2.18. The Kier molecular flexibility index (Phi) is 9.49. The molecule has 4 rings (SSSR count). The number of ether oxygens (including phenoxy) is 1. The van der Waals surface area contributed by atoms with Crippen LogP contribution < -0.4 is 15.0 Å². The van der Waals surface area contributed by atoms with Gasteiger partial charge in [-0.1, -0.05) is 60.7 Å². The number of anilines is 1. The molecule has 0 radical (unpaired) electrons. The van der Waals surface area contributed by atoms with Crippen LogP contribution >= 0.6 is 11.8 Å². The van der Waals surface area contributed by atoms with E-state index in [4.69, 9.17) is 4.74 Å². The fourth-order valence-electron chi connectivity index (χ4n) is 4.40. The number of nitrogens with one attached hydrogen (secondary N) is 1. The van der Waals surface area contributed by atoms with Crippen LogP contribution in [0.15, 0.2) is 84.9 Å². The molecule has 1 fully saturated rings. The molecule has 0 aliphatic carbocycles. The molecular formula is C29H35N3O2S. The minimum Gasteiger partial charge on any atom is -0.497 e. The first-order valence-corrected chi connectivity index (χ1v) is 13.4. The van der Waals surface area contributed by atoms with Crippen molar-refractivity contribution in [1.29, 1.82) is 0 Å².